The summed E-state index contributed by atoms with van der Waals surface area (Å²) >= 11 is 0. The fourth-order valence-corrected chi connectivity index (χ4v) is 4.14. The van der Waals surface area contributed by atoms with Gasteiger partial charge in [-0.25, -0.2) is 13.1 Å². The third-order valence-corrected chi connectivity index (χ3v) is 4.85. The van der Waals surface area contributed by atoms with E-state index in [0.29, 0.717) is 13.2 Å². The zero-order valence-corrected chi connectivity index (χ0v) is 10.5. The van der Waals surface area contributed by atoms with Crippen LogP contribution in [0.1, 0.15) is 26.2 Å². The number of hydrogen-bond donors (Lipinski definition) is 2. The van der Waals surface area contributed by atoms with Crippen LogP contribution in [0.3, 0.4) is 0 Å². The lowest BCUT2D eigenvalue weighted by Gasteiger charge is -2.24. The molecule has 0 aromatic carbocycles. The molecule has 5 nitrogen and oxygen atoms in total. The van der Waals surface area contributed by atoms with Crippen molar-refractivity contribution in [1.29, 1.82) is 0 Å². The van der Waals surface area contributed by atoms with Crippen molar-refractivity contribution in [1.82, 2.24) is 10.0 Å². The van der Waals surface area contributed by atoms with Gasteiger partial charge in [-0.3, -0.25) is 0 Å². The molecule has 0 radical (unpaired) electrons. The van der Waals surface area contributed by atoms with E-state index in [-0.39, 0.29) is 11.8 Å². The van der Waals surface area contributed by atoms with Crippen LogP contribution in [-0.2, 0) is 14.8 Å². The van der Waals surface area contributed by atoms with Crippen molar-refractivity contribution in [2.45, 2.75) is 37.8 Å². The maximum absolute atomic E-state index is 11.9. The number of rotatable bonds is 4. The van der Waals surface area contributed by atoms with Gasteiger partial charge in [-0.1, -0.05) is 0 Å². The average Bonchev–Trinajstić information content (AvgIpc) is 2.75. The van der Waals surface area contributed by atoms with Gasteiger partial charge in [-0.05, 0) is 32.7 Å². The van der Waals surface area contributed by atoms with Crippen LogP contribution in [0.5, 0.6) is 0 Å². The highest BCUT2D eigenvalue weighted by Crippen LogP contribution is 2.19. The predicted octanol–water partition coefficient (Wildman–Crippen LogP) is -0.163. The minimum atomic E-state index is -3.20. The largest absolute Gasteiger partial charge is 0.379 e. The van der Waals surface area contributed by atoms with E-state index in [0.717, 1.165) is 25.8 Å². The second-order valence-electron chi connectivity index (χ2n) is 5.04. The summed E-state index contributed by atoms with van der Waals surface area (Å²) in [6, 6.07) is 0.114. The Balaban J connectivity index is 1.91. The van der Waals surface area contributed by atoms with E-state index in [1.54, 1.807) is 0 Å². The highest BCUT2D eigenvalue weighted by molar-refractivity contribution is 7.89. The second-order valence-corrected chi connectivity index (χ2v) is 6.81. The molecule has 0 spiro atoms. The van der Waals surface area contributed by atoms with Gasteiger partial charge >= 0.3 is 0 Å². The highest BCUT2D eigenvalue weighted by Gasteiger charge is 2.35. The molecule has 2 saturated heterocycles. The van der Waals surface area contributed by atoms with Crippen LogP contribution in [0.4, 0.5) is 0 Å². The lowest BCUT2D eigenvalue weighted by Crippen LogP contribution is -2.49. The minimum Gasteiger partial charge on any atom is -0.379 e. The number of sulfonamides is 1. The van der Waals surface area contributed by atoms with Crippen molar-refractivity contribution < 1.29 is 13.2 Å². The Labute approximate surface area is 97.0 Å². The van der Waals surface area contributed by atoms with Crippen LogP contribution in [-0.4, -0.2) is 45.5 Å². The maximum Gasteiger partial charge on any atom is 0.213 e. The topological polar surface area (TPSA) is 67.4 Å². The Hall–Kier alpha value is -0.170. The molecule has 94 valence electrons. The van der Waals surface area contributed by atoms with Crippen molar-refractivity contribution in [3.8, 4) is 0 Å². The van der Waals surface area contributed by atoms with Gasteiger partial charge in [0.15, 0.2) is 0 Å². The van der Waals surface area contributed by atoms with E-state index >= 15 is 0 Å². The van der Waals surface area contributed by atoms with Crippen LogP contribution in [0, 0.1) is 0 Å². The zero-order valence-electron chi connectivity index (χ0n) is 9.66. The quantitative estimate of drug-likeness (QED) is 0.725. The Kier molecular flexibility index (Phi) is 3.53. The fourth-order valence-electron chi connectivity index (χ4n) is 2.33. The van der Waals surface area contributed by atoms with E-state index in [9.17, 15) is 8.42 Å². The molecule has 0 amide bonds. The zero-order chi connectivity index (χ0) is 11.6. The summed E-state index contributed by atoms with van der Waals surface area (Å²) in [4.78, 5) is 0. The highest BCUT2D eigenvalue weighted by atomic mass is 32.2. The summed E-state index contributed by atoms with van der Waals surface area (Å²) in [5, 5.41) is 3.20. The molecule has 0 bridgehead atoms. The minimum absolute atomic E-state index is 0.114. The molecule has 16 heavy (non-hydrogen) atoms. The molecule has 2 fully saturated rings. The summed E-state index contributed by atoms with van der Waals surface area (Å²) in [5.41, 5.74) is -0.405. The van der Waals surface area contributed by atoms with Crippen molar-refractivity contribution in [3.63, 3.8) is 0 Å². The average molecular weight is 248 g/mol. The van der Waals surface area contributed by atoms with E-state index < -0.39 is 15.6 Å². The van der Waals surface area contributed by atoms with E-state index in [4.69, 9.17) is 4.74 Å². The van der Waals surface area contributed by atoms with Crippen LogP contribution < -0.4 is 10.0 Å². The summed E-state index contributed by atoms with van der Waals surface area (Å²) in [5.74, 6) is 0.183. The molecule has 2 atom stereocenters. The van der Waals surface area contributed by atoms with Crippen molar-refractivity contribution in [3.05, 3.63) is 0 Å². The monoisotopic (exact) mass is 248 g/mol. The van der Waals surface area contributed by atoms with Gasteiger partial charge in [0.05, 0.1) is 17.9 Å². The fraction of sp³-hybridized carbons (Fsp3) is 1.00. The normalized spacial score (nSPS) is 35.7. The van der Waals surface area contributed by atoms with Gasteiger partial charge in [0, 0.05) is 12.6 Å². The van der Waals surface area contributed by atoms with Crippen molar-refractivity contribution in [2.24, 2.45) is 0 Å². The van der Waals surface area contributed by atoms with Gasteiger partial charge in [0.25, 0.3) is 0 Å². The number of nitrogens with one attached hydrogen (secondary N) is 2. The predicted molar refractivity (Wildman–Crippen MR) is 61.8 cm³/mol. The molecule has 0 aromatic heterocycles. The molecule has 2 aliphatic heterocycles. The smallest absolute Gasteiger partial charge is 0.213 e. The Morgan fingerprint density at radius 3 is 2.94 bits per heavy atom. The van der Waals surface area contributed by atoms with Crippen molar-refractivity contribution in [2.75, 3.05) is 25.5 Å². The van der Waals surface area contributed by atoms with Crippen LogP contribution in [0.25, 0.3) is 0 Å². The van der Waals surface area contributed by atoms with Gasteiger partial charge in [-0.15, -0.1) is 0 Å². The molecule has 2 unspecified atom stereocenters. The summed E-state index contributed by atoms with van der Waals surface area (Å²) < 4.78 is 31.9. The molecule has 2 aliphatic rings. The molecule has 2 heterocycles. The van der Waals surface area contributed by atoms with E-state index in [2.05, 4.69) is 10.0 Å². The SMILES string of the molecule is CC1(NS(=O)(=O)CC2CCCN2)CCOC1. The van der Waals surface area contributed by atoms with Crippen LogP contribution >= 0.6 is 0 Å². The first kappa shape index (κ1) is 12.3. The van der Waals surface area contributed by atoms with Crippen LogP contribution in [0.2, 0.25) is 0 Å². The molecule has 6 heteroatoms. The first-order valence-electron chi connectivity index (χ1n) is 5.82. The summed E-state index contributed by atoms with van der Waals surface area (Å²) in [6.07, 6.45) is 2.78. The summed E-state index contributed by atoms with van der Waals surface area (Å²) in [6.45, 7) is 3.95. The molecular formula is C10H20N2O3S. The third kappa shape index (κ3) is 3.16. The Morgan fingerprint density at radius 2 is 2.38 bits per heavy atom. The molecule has 0 aliphatic carbocycles. The molecular weight excluding hydrogens is 228 g/mol. The molecule has 2 N–H and O–H groups in total. The molecule has 0 aromatic rings. The van der Waals surface area contributed by atoms with Gasteiger partial charge < -0.3 is 10.1 Å². The Bertz CT molecular complexity index is 330. The second kappa shape index (κ2) is 4.60. The summed E-state index contributed by atoms with van der Waals surface area (Å²) in [7, 11) is -3.20. The lowest BCUT2D eigenvalue weighted by molar-refractivity contribution is 0.178. The standard InChI is InChI=1S/C10H20N2O3S/c1-10(4-6-15-8-10)12-16(13,14)7-9-3-2-5-11-9/h9,11-12H,2-8H2,1H3. The first-order valence-corrected chi connectivity index (χ1v) is 7.47. The van der Waals surface area contributed by atoms with Crippen molar-refractivity contribution >= 4 is 10.0 Å². The Morgan fingerprint density at radius 1 is 1.56 bits per heavy atom. The first-order chi connectivity index (χ1) is 7.49. The number of hydrogen-bond acceptors (Lipinski definition) is 4. The van der Waals surface area contributed by atoms with Gasteiger partial charge in [0.2, 0.25) is 10.0 Å². The van der Waals surface area contributed by atoms with Crippen LogP contribution in [0.15, 0.2) is 0 Å². The lowest BCUT2D eigenvalue weighted by atomic mass is 10.0. The number of ether oxygens (including phenoxy) is 1. The van der Waals surface area contributed by atoms with E-state index in [1.807, 2.05) is 6.92 Å². The van der Waals surface area contributed by atoms with Gasteiger partial charge in [-0.2, -0.15) is 0 Å². The molecule has 2 rings (SSSR count). The van der Waals surface area contributed by atoms with E-state index in [1.165, 1.54) is 0 Å². The maximum atomic E-state index is 11.9. The van der Waals surface area contributed by atoms with Gasteiger partial charge in [0.1, 0.15) is 0 Å². The molecule has 0 saturated carbocycles. The third-order valence-electron chi connectivity index (χ3n) is 3.20.